The largest absolute Gasteiger partial charge is 0.597 e. The van der Waals surface area contributed by atoms with E-state index in [4.69, 9.17) is 16.0 Å². The minimum atomic E-state index is -1.05. The molecule has 0 bridgehead atoms. The quantitative estimate of drug-likeness (QED) is 0.234. The average molecular weight is 191 g/mol. The van der Waals surface area contributed by atoms with Crippen molar-refractivity contribution in [3.05, 3.63) is 5.21 Å². The molecule has 4 N–H and O–H groups in total. The molecule has 0 amide bonds. The molecule has 76 valence electrons. The van der Waals surface area contributed by atoms with Crippen LogP contribution in [-0.2, 0) is 4.79 Å². The molecule has 0 spiro atoms. The van der Waals surface area contributed by atoms with Crippen LogP contribution in [0.5, 0.6) is 0 Å². The molecule has 0 aliphatic heterocycles. The van der Waals surface area contributed by atoms with Crippen molar-refractivity contribution in [2.45, 2.75) is 25.3 Å². The smallest absolute Gasteiger partial charge is 0.320 e. The maximum absolute atomic E-state index is 10.3. The van der Waals surface area contributed by atoms with E-state index in [9.17, 15) is 10.0 Å². The maximum atomic E-state index is 10.3. The van der Waals surface area contributed by atoms with Gasteiger partial charge in [-0.05, 0) is 12.8 Å². The number of unbranched alkanes of at least 4 members (excludes halogenated alkanes) is 1. The number of hydroxylamine groups is 1. The molecule has 0 saturated carbocycles. The van der Waals surface area contributed by atoms with Crippen LogP contribution in [0.1, 0.15) is 19.3 Å². The SMILES string of the molecule is NC(CCCC[N+]([O-])=NO)C(=O)O. The summed E-state index contributed by atoms with van der Waals surface area (Å²) in [5.74, 6) is -1.05. The Morgan fingerprint density at radius 3 is 2.69 bits per heavy atom. The molecule has 0 fully saturated rings. The number of nitrogens with zero attached hydrogens (tertiary/aromatic N) is 2. The summed E-state index contributed by atoms with van der Waals surface area (Å²) in [5, 5.41) is 29.0. The molecule has 0 saturated heterocycles. The van der Waals surface area contributed by atoms with Gasteiger partial charge >= 0.3 is 5.97 Å². The Kier molecular flexibility index (Phi) is 5.53. The van der Waals surface area contributed by atoms with Crippen molar-refractivity contribution >= 4 is 5.97 Å². The number of carboxylic acids is 1. The van der Waals surface area contributed by atoms with Crippen LogP contribution in [0.2, 0.25) is 0 Å². The Hall–Kier alpha value is -1.37. The number of carbonyl (C=O) groups is 1. The second-order valence-corrected chi connectivity index (χ2v) is 2.61. The zero-order chi connectivity index (χ0) is 10.3. The first-order valence-electron chi connectivity index (χ1n) is 3.86. The molecular formula is C6H13N3O4. The summed E-state index contributed by atoms with van der Waals surface area (Å²) in [6.45, 7) is 0.0445. The summed E-state index contributed by atoms with van der Waals surface area (Å²) in [6, 6.07) is -0.883. The summed E-state index contributed by atoms with van der Waals surface area (Å²) < 4.78 is 0. The van der Waals surface area contributed by atoms with Crippen molar-refractivity contribution in [1.29, 1.82) is 0 Å². The predicted octanol–water partition coefficient (Wildman–Crippen LogP) is -0.0797. The molecule has 0 aromatic rings. The molecular weight excluding hydrogens is 178 g/mol. The van der Waals surface area contributed by atoms with E-state index < -0.39 is 12.0 Å². The van der Waals surface area contributed by atoms with Crippen molar-refractivity contribution in [1.82, 2.24) is 0 Å². The minimum absolute atomic E-state index is 0.0445. The molecule has 1 atom stereocenters. The predicted molar refractivity (Wildman–Crippen MR) is 42.2 cm³/mol. The van der Waals surface area contributed by atoms with Gasteiger partial charge in [-0.15, -0.1) is 0 Å². The molecule has 13 heavy (non-hydrogen) atoms. The highest BCUT2D eigenvalue weighted by atomic mass is 16.6. The molecule has 0 aliphatic rings. The second kappa shape index (κ2) is 6.18. The summed E-state index contributed by atoms with van der Waals surface area (Å²) >= 11 is 0. The van der Waals surface area contributed by atoms with Crippen LogP contribution in [0.25, 0.3) is 0 Å². The fourth-order valence-electron chi connectivity index (χ4n) is 0.780. The monoisotopic (exact) mass is 191 g/mol. The molecule has 0 heterocycles. The topological polar surface area (TPSA) is 122 Å². The normalized spacial score (nSPS) is 14.1. The zero-order valence-electron chi connectivity index (χ0n) is 7.09. The van der Waals surface area contributed by atoms with Gasteiger partial charge in [-0.25, -0.2) is 0 Å². The van der Waals surface area contributed by atoms with Gasteiger partial charge in [0.1, 0.15) is 6.04 Å². The zero-order valence-corrected chi connectivity index (χ0v) is 7.09. The Morgan fingerprint density at radius 1 is 1.62 bits per heavy atom. The van der Waals surface area contributed by atoms with E-state index in [0.717, 1.165) is 0 Å². The van der Waals surface area contributed by atoms with Crippen LogP contribution < -0.4 is 5.73 Å². The van der Waals surface area contributed by atoms with Crippen LogP contribution in [0.15, 0.2) is 5.28 Å². The van der Waals surface area contributed by atoms with Crippen molar-refractivity contribution < 1.29 is 20.0 Å². The highest BCUT2D eigenvalue weighted by molar-refractivity contribution is 5.72. The fraction of sp³-hybridized carbons (Fsp3) is 0.833. The van der Waals surface area contributed by atoms with Crippen LogP contribution in [0.4, 0.5) is 0 Å². The molecule has 0 aromatic carbocycles. The second-order valence-electron chi connectivity index (χ2n) is 2.61. The third kappa shape index (κ3) is 5.85. The summed E-state index contributed by atoms with van der Waals surface area (Å²) in [7, 11) is 0. The molecule has 0 radical (unpaired) electrons. The first-order valence-corrected chi connectivity index (χ1v) is 3.86. The van der Waals surface area contributed by atoms with Gasteiger partial charge in [0.25, 0.3) is 0 Å². The highest BCUT2D eigenvalue weighted by Crippen LogP contribution is 1.99. The number of hydrogen-bond acceptors (Lipinski definition) is 4. The number of hydrogen-bond donors (Lipinski definition) is 3. The average Bonchev–Trinajstić information content (AvgIpc) is 2.11. The van der Waals surface area contributed by atoms with Gasteiger partial charge in [0.2, 0.25) is 0 Å². The van der Waals surface area contributed by atoms with E-state index in [2.05, 4.69) is 5.28 Å². The van der Waals surface area contributed by atoms with Crippen molar-refractivity contribution in [2.24, 2.45) is 11.0 Å². The van der Waals surface area contributed by atoms with Gasteiger partial charge in [-0.3, -0.25) is 4.79 Å². The lowest BCUT2D eigenvalue weighted by Crippen LogP contribution is -2.29. The first-order chi connectivity index (χ1) is 6.07. The number of carboxylic acid groups (broad SMARTS) is 1. The van der Waals surface area contributed by atoms with Crippen molar-refractivity contribution in [3.8, 4) is 0 Å². The van der Waals surface area contributed by atoms with E-state index >= 15 is 0 Å². The minimum Gasteiger partial charge on any atom is -0.597 e. The fourth-order valence-corrected chi connectivity index (χ4v) is 0.780. The van der Waals surface area contributed by atoms with E-state index in [1.54, 1.807) is 0 Å². The molecule has 0 aliphatic carbocycles. The Bertz CT molecular complexity index is 194. The number of aliphatic carboxylic acids is 1. The summed E-state index contributed by atoms with van der Waals surface area (Å²) in [4.78, 5) is 10.4. The van der Waals surface area contributed by atoms with Crippen LogP contribution >= 0.6 is 0 Å². The van der Waals surface area contributed by atoms with Gasteiger partial charge < -0.3 is 21.3 Å². The van der Waals surface area contributed by atoms with E-state index in [-0.39, 0.29) is 11.4 Å². The van der Waals surface area contributed by atoms with Crippen molar-refractivity contribution in [3.63, 3.8) is 0 Å². The van der Waals surface area contributed by atoms with Gasteiger partial charge in [0.05, 0.1) is 0 Å². The number of nitrogens with two attached hydrogens (primary N) is 1. The maximum Gasteiger partial charge on any atom is 0.320 e. The Morgan fingerprint density at radius 2 is 2.23 bits per heavy atom. The number of rotatable bonds is 6. The van der Waals surface area contributed by atoms with E-state index in [1.165, 1.54) is 0 Å². The van der Waals surface area contributed by atoms with Crippen LogP contribution in [0.3, 0.4) is 0 Å². The molecule has 7 nitrogen and oxygen atoms in total. The Labute approximate surface area is 75.0 Å². The molecule has 0 aromatic heterocycles. The van der Waals surface area contributed by atoms with Crippen LogP contribution in [-0.4, -0.2) is 33.7 Å². The third-order valence-electron chi connectivity index (χ3n) is 1.53. The molecule has 0 rings (SSSR count). The van der Waals surface area contributed by atoms with E-state index in [1.807, 2.05) is 0 Å². The van der Waals surface area contributed by atoms with Crippen molar-refractivity contribution in [2.75, 3.05) is 6.54 Å². The lowest BCUT2D eigenvalue weighted by molar-refractivity contribution is -0.556. The standard InChI is InChI=1S/C6H13N3O4/c7-5(6(10)11)3-1-2-4-9(13)8-12/h5,12H,1-4,7H2,(H,10,11). The lowest BCUT2D eigenvalue weighted by atomic mass is 10.1. The molecule has 7 heteroatoms. The first kappa shape index (κ1) is 11.6. The van der Waals surface area contributed by atoms with Gasteiger partial charge in [-0.2, -0.15) is 0 Å². The lowest BCUT2D eigenvalue weighted by Gasteiger charge is -2.04. The molecule has 1 unspecified atom stereocenters. The summed E-state index contributed by atoms with van der Waals surface area (Å²) in [6.07, 6.45) is 1.28. The van der Waals surface area contributed by atoms with Gasteiger partial charge in [0.15, 0.2) is 11.8 Å². The van der Waals surface area contributed by atoms with Crippen LogP contribution in [0, 0.1) is 5.21 Å². The Balaban J connectivity index is 3.41. The van der Waals surface area contributed by atoms with E-state index in [0.29, 0.717) is 19.3 Å². The van der Waals surface area contributed by atoms with Gasteiger partial charge in [0, 0.05) is 6.42 Å². The van der Waals surface area contributed by atoms with Gasteiger partial charge in [-0.1, -0.05) is 4.86 Å². The third-order valence-corrected chi connectivity index (χ3v) is 1.53. The summed E-state index contributed by atoms with van der Waals surface area (Å²) in [5.41, 5.74) is 5.20. The highest BCUT2D eigenvalue weighted by Gasteiger charge is 2.10.